The third-order valence-corrected chi connectivity index (χ3v) is 4.02. The number of phenols is 4. The first-order valence-corrected chi connectivity index (χ1v) is 7.94. The number of carbonyl (C=O) groups is 1. The standard InChI is InChI=1S/C19H18N2O5/c22-13-3-4-15-14(9-13)12(10-21-15)7-8-20-17(24)6-2-11-1-5-16(23)19(26)18(11)25/h1-6,9-10,21-23,25-26H,7-8H2,(H,20,24)/b6-2+. The minimum atomic E-state index is -0.629. The van der Waals surface area contributed by atoms with Crippen molar-refractivity contribution in [3.8, 4) is 23.0 Å². The Balaban J connectivity index is 1.59. The molecular formula is C19H18N2O5. The van der Waals surface area contributed by atoms with Gasteiger partial charge in [0.25, 0.3) is 0 Å². The molecule has 26 heavy (non-hydrogen) atoms. The van der Waals surface area contributed by atoms with Gasteiger partial charge in [-0.05, 0) is 48.4 Å². The molecule has 0 saturated heterocycles. The van der Waals surface area contributed by atoms with Gasteiger partial charge in [0.2, 0.25) is 11.7 Å². The number of H-pyrrole nitrogens is 1. The molecule has 0 aliphatic rings. The zero-order valence-electron chi connectivity index (χ0n) is 13.7. The van der Waals surface area contributed by atoms with Crippen LogP contribution >= 0.6 is 0 Å². The van der Waals surface area contributed by atoms with Crippen molar-refractivity contribution < 1.29 is 25.2 Å². The highest BCUT2D eigenvalue weighted by Gasteiger charge is 2.09. The Bertz CT molecular complexity index is 991. The van der Waals surface area contributed by atoms with Gasteiger partial charge in [0.1, 0.15) is 5.75 Å². The van der Waals surface area contributed by atoms with E-state index in [2.05, 4.69) is 10.3 Å². The summed E-state index contributed by atoms with van der Waals surface area (Å²) >= 11 is 0. The first-order valence-electron chi connectivity index (χ1n) is 7.94. The van der Waals surface area contributed by atoms with E-state index >= 15 is 0 Å². The summed E-state index contributed by atoms with van der Waals surface area (Å²) < 4.78 is 0. The molecule has 7 heteroatoms. The van der Waals surface area contributed by atoms with Gasteiger partial charge in [-0.3, -0.25) is 4.79 Å². The molecule has 1 aromatic heterocycles. The van der Waals surface area contributed by atoms with Gasteiger partial charge in [-0.1, -0.05) is 0 Å². The molecule has 0 aliphatic heterocycles. The number of hydrogen-bond acceptors (Lipinski definition) is 5. The molecular weight excluding hydrogens is 336 g/mol. The highest BCUT2D eigenvalue weighted by atomic mass is 16.3. The summed E-state index contributed by atoms with van der Waals surface area (Å²) in [6.07, 6.45) is 4.98. The molecule has 0 spiro atoms. The van der Waals surface area contributed by atoms with E-state index in [0.29, 0.717) is 13.0 Å². The molecule has 0 saturated carbocycles. The Morgan fingerprint density at radius 2 is 1.88 bits per heavy atom. The number of aromatic amines is 1. The third kappa shape index (κ3) is 3.56. The smallest absolute Gasteiger partial charge is 0.244 e. The van der Waals surface area contributed by atoms with Crippen LogP contribution in [0.4, 0.5) is 0 Å². The number of aromatic hydroxyl groups is 4. The van der Waals surface area contributed by atoms with Crippen molar-refractivity contribution in [2.24, 2.45) is 0 Å². The molecule has 0 bridgehead atoms. The van der Waals surface area contributed by atoms with Crippen LogP contribution in [0.3, 0.4) is 0 Å². The van der Waals surface area contributed by atoms with Crippen LogP contribution in [0.1, 0.15) is 11.1 Å². The van der Waals surface area contributed by atoms with Gasteiger partial charge < -0.3 is 30.7 Å². The Kier molecular flexibility index (Phi) is 4.70. The summed E-state index contributed by atoms with van der Waals surface area (Å²) in [7, 11) is 0. The van der Waals surface area contributed by atoms with Crippen LogP contribution < -0.4 is 5.32 Å². The maximum atomic E-state index is 11.9. The summed E-state index contributed by atoms with van der Waals surface area (Å²) in [6.45, 7) is 0.387. The summed E-state index contributed by atoms with van der Waals surface area (Å²) in [5, 5.41) is 41.6. The second-order valence-corrected chi connectivity index (χ2v) is 5.79. The molecule has 0 atom stereocenters. The minimum Gasteiger partial charge on any atom is -0.508 e. The molecule has 134 valence electrons. The van der Waals surface area contributed by atoms with Crippen LogP contribution in [0, 0.1) is 0 Å². The Morgan fingerprint density at radius 3 is 2.69 bits per heavy atom. The van der Waals surface area contributed by atoms with Gasteiger partial charge in [-0.25, -0.2) is 0 Å². The lowest BCUT2D eigenvalue weighted by atomic mass is 10.1. The second kappa shape index (κ2) is 7.10. The minimum absolute atomic E-state index is 0.183. The predicted octanol–water partition coefficient (Wildman–Crippen LogP) is 2.36. The molecule has 0 aliphatic carbocycles. The zero-order valence-corrected chi connectivity index (χ0v) is 13.7. The van der Waals surface area contributed by atoms with E-state index in [0.717, 1.165) is 16.5 Å². The van der Waals surface area contributed by atoms with Crippen LogP contribution in [0.25, 0.3) is 17.0 Å². The molecule has 7 nitrogen and oxygen atoms in total. The molecule has 1 heterocycles. The molecule has 0 fully saturated rings. The van der Waals surface area contributed by atoms with Crippen molar-refractivity contribution in [1.82, 2.24) is 10.3 Å². The number of benzene rings is 2. The molecule has 1 amide bonds. The van der Waals surface area contributed by atoms with E-state index in [1.165, 1.54) is 24.3 Å². The monoisotopic (exact) mass is 354 g/mol. The van der Waals surface area contributed by atoms with Crippen molar-refractivity contribution in [3.63, 3.8) is 0 Å². The fourth-order valence-corrected chi connectivity index (χ4v) is 2.64. The largest absolute Gasteiger partial charge is 0.508 e. The molecule has 2 aromatic carbocycles. The number of carbonyl (C=O) groups excluding carboxylic acids is 1. The van der Waals surface area contributed by atoms with Crippen LogP contribution in [0.2, 0.25) is 0 Å². The molecule has 0 unspecified atom stereocenters. The van der Waals surface area contributed by atoms with E-state index in [1.54, 1.807) is 18.2 Å². The highest BCUT2D eigenvalue weighted by Crippen LogP contribution is 2.37. The molecule has 0 radical (unpaired) electrons. The van der Waals surface area contributed by atoms with Crippen LogP contribution in [-0.2, 0) is 11.2 Å². The lowest BCUT2D eigenvalue weighted by Crippen LogP contribution is -2.23. The van der Waals surface area contributed by atoms with E-state index < -0.39 is 17.2 Å². The van der Waals surface area contributed by atoms with Crippen molar-refractivity contribution in [2.75, 3.05) is 6.54 Å². The van der Waals surface area contributed by atoms with Gasteiger partial charge in [-0.2, -0.15) is 0 Å². The van der Waals surface area contributed by atoms with Crippen molar-refractivity contribution in [2.45, 2.75) is 6.42 Å². The normalized spacial score (nSPS) is 11.2. The van der Waals surface area contributed by atoms with Gasteiger partial charge in [0, 0.05) is 35.3 Å². The number of phenolic OH excluding ortho intramolecular Hbond substituents is 4. The van der Waals surface area contributed by atoms with Crippen molar-refractivity contribution in [1.29, 1.82) is 0 Å². The highest BCUT2D eigenvalue weighted by molar-refractivity contribution is 5.92. The third-order valence-electron chi connectivity index (χ3n) is 4.02. The Hall–Kier alpha value is -3.61. The zero-order chi connectivity index (χ0) is 18.7. The lowest BCUT2D eigenvalue weighted by molar-refractivity contribution is -0.116. The van der Waals surface area contributed by atoms with Crippen molar-refractivity contribution >= 4 is 22.9 Å². The van der Waals surface area contributed by atoms with E-state index in [9.17, 15) is 25.2 Å². The lowest BCUT2D eigenvalue weighted by Gasteiger charge is -2.04. The van der Waals surface area contributed by atoms with Gasteiger partial charge in [0.05, 0.1) is 0 Å². The fraction of sp³-hybridized carbons (Fsp3) is 0.105. The van der Waals surface area contributed by atoms with Crippen LogP contribution in [-0.4, -0.2) is 37.9 Å². The van der Waals surface area contributed by atoms with Gasteiger partial charge >= 0.3 is 0 Å². The SMILES string of the molecule is O=C(/C=C/c1ccc(O)c(O)c1O)NCCc1c[nH]c2ccc(O)cc12. The number of amides is 1. The van der Waals surface area contributed by atoms with Crippen LogP contribution in [0.15, 0.2) is 42.6 Å². The average Bonchev–Trinajstić information content (AvgIpc) is 3.01. The summed E-state index contributed by atoms with van der Waals surface area (Å²) in [5.41, 5.74) is 2.09. The molecule has 3 rings (SSSR count). The number of nitrogens with one attached hydrogen (secondary N) is 2. The second-order valence-electron chi connectivity index (χ2n) is 5.79. The van der Waals surface area contributed by atoms with E-state index in [1.807, 2.05) is 6.20 Å². The predicted molar refractivity (Wildman–Crippen MR) is 97.1 cm³/mol. The van der Waals surface area contributed by atoms with Gasteiger partial charge in [0.15, 0.2) is 11.5 Å². The average molecular weight is 354 g/mol. The van der Waals surface area contributed by atoms with Gasteiger partial charge in [-0.15, -0.1) is 0 Å². The molecule has 3 aromatic rings. The number of rotatable bonds is 5. The number of hydrogen-bond donors (Lipinski definition) is 6. The molecule has 6 N–H and O–H groups in total. The topological polar surface area (TPSA) is 126 Å². The number of aromatic nitrogens is 1. The summed E-state index contributed by atoms with van der Waals surface area (Å²) in [4.78, 5) is 15.0. The van der Waals surface area contributed by atoms with E-state index in [4.69, 9.17) is 0 Å². The first-order chi connectivity index (χ1) is 12.5. The Labute approximate surface area is 148 Å². The maximum Gasteiger partial charge on any atom is 0.244 e. The quantitative estimate of drug-likeness (QED) is 0.310. The Morgan fingerprint density at radius 1 is 1.08 bits per heavy atom. The van der Waals surface area contributed by atoms with Crippen LogP contribution in [0.5, 0.6) is 23.0 Å². The number of fused-ring (bicyclic) bond motifs is 1. The summed E-state index contributed by atoms with van der Waals surface area (Å²) in [5.74, 6) is -1.74. The first kappa shape index (κ1) is 17.2. The fourth-order valence-electron chi connectivity index (χ4n) is 2.64. The maximum absolute atomic E-state index is 11.9. The van der Waals surface area contributed by atoms with E-state index in [-0.39, 0.29) is 17.2 Å². The van der Waals surface area contributed by atoms with Crippen molar-refractivity contribution in [3.05, 3.63) is 53.7 Å². The summed E-state index contributed by atoms with van der Waals surface area (Å²) in [6, 6.07) is 7.66.